The molecule has 1 aromatic rings. The van der Waals surface area contributed by atoms with Crippen LogP contribution in [0, 0.1) is 0 Å². The SMILES string of the molecule is CCOC(OCC)c1nc(N2CCCC2)no1. The quantitative estimate of drug-likeness (QED) is 0.707. The molecule has 0 bridgehead atoms. The molecule has 6 heteroatoms. The molecule has 2 rings (SSSR count). The van der Waals surface area contributed by atoms with E-state index in [-0.39, 0.29) is 0 Å². The normalized spacial score (nSPS) is 16.1. The van der Waals surface area contributed by atoms with Crippen molar-refractivity contribution in [2.24, 2.45) is 0 Å². The van der Waals surface area contributed by atoms with E-state index >= 15 is 0 Å². The van der Waals surface area contributed by atoms with Gasteiger partial charge in [0, 0.05) is 26.3 Å². The van der Waals surface area contributed by atoms with Gasteiger partial charge in [0.25, 0.3) is 11.8 Å². The van der Waals surface area contributed by atoms with Crippen LogP contribution in [0.2, 0.25) is 0 Å². The summed E-state index contributed by atoms with van der Waals surface area (Å²) in [5.41, 5.74) is 0. The first-order valence-corrected chi connectivity index (χ1v) is 6.17. The summed E-state index contributed by atoms with van der Waals surface area (Å²) >= 11 is 0. The zero-order valence-electron chi connectivity index (χ0n) is 10.4. The van der Waals surface area contributed by atoms with E-state index < -0.39 is 6.29 Å². The minimum absolute atomic E-state index is 0.399. The molecular formula is C11H19N3O3. The zero-order valence-corrected chi connectivity index (χ0v) is 10.4. The van der Waals surface area contributed by atoms with Crippen LogP contribution in [0.4, 0.5) is 5.95 Å². The summed E-state index contributed by atoms with van der Waals surface area (Å²) in [6.45, 7) is 6.89. The van der Waals surface area contributed by atoms with Crippen molar-refractivity contribution >= 4 is 5.95 Å². The van der Waals surface area contributed by atoms with Gasteiger partial charge in [0.2, 0.25) is 6.29 Å². The Balaban J connectivity index is 2.03. The van der Waals surface area contributed by atoms with Crippen molar-refractivity contribution in [3.05, 3.63) is 5.89 Å². The Bertz CT molecular complexity index is 330. The van der Waals surface area contributed by atoms with Crippen molar-refractivity contribution in [2.45, 2.75) is 33.0 Å². The molecule has 0 saturated carbocycles. The van der Waals surface area contributed by atoms with Gasteiger partial charge in [0.15, 0.2) is 0 Å². The van der Waals surface area contributed by atoms with Crippen molar-refractivity contribution in [1.29, 1.82) is 0 Å². The molecule has 0 radical (unpaired) electrons. The maximum absolute atomic E-state index is 5.41. The summed E-state index contributed by atoms with van der Waals surface area (Å²) < 4.78 is 16.0. The first-order valence-electron chi connectivity index (χ1n) is 6.17. The van der Waals surface area contributed by atoms with Gasteiger partial charge in [0.1, 0.15) is 0 Å². The average molecular weight is 241 g/mol. The van der Waals surface area contributed by atoms with Crippen LogP contribution in [0.15, 0.2) is 4.52 Å². The highest BCUT2D eigenvalue weighted by molar-refractivity contribution is 5.28. The molecule has 2 heterocycles. The first kappa shape index (κ1) is 12.3. The van der Waals surface area contributed by atoms with Gasteiger partial charge in [-0.25, -0.2) is 0 Å². The predicted molar refractivity (Wildman–Crippen MR) is 61.7 cm³/mol. The van der Waals surface area contributed by atoms with Gasteiger partial charge in [-0.1, -0.05) is 0 Å². The van der Waals surface area contributed by atoms with E-state index in [1.54, 1.807) is 0 Å². The van der Waals surface area contributed by atoms with Crippen LogP contribution in [0.3, 0.4) is 0 Å². The number of aromatic nitrogens is 2. The van der Waals surface area contributed by atoms with Crippen LogP contribution in [0.25, 0.3) is 0 Å². The number of rotatable bonds is 6. The molecule has 0 atom stereocenters. The van der Waals surface area contributed by atoms with Crippen molar-refractivity contribution in [3.8, 4) is 0 Å². The maximum Gasteiger partial charge on any atom is 0.285 e. The lowest BCUT2D eigenvalue weighted by Crippen LogP contribution is -2.19. The van der Waals surface area contributed by atoms with Gasteiger partial charge in [-0.2, -0.15) is 4.98 Å². The van der Waals surface area contributed by atoms with Crippen LogP contribution >= 0.6 is 0 Å². The highest BCUT2D eigenvalue weighted by atomic mass is 16.7. The number of nitrogens with zero attached hydrogens (tertiary/aromatic N) is 3. The number of hydrogen-bond acceptors (Lipinski definition) is 6. The van der Waals surface area contributed by atoms with Crippen LogP contribution in [0.1, 0.15) is 38.9 Å². The van der Waals surface area contributed by atoms with Crippen molar-refractivity contribution in [1.82, 2.24) is 10.1 Å². The van der Waals surface area contributed by atoms with E-state index in [2.05, 4.69) is 15.0 Å². The Morgan fingerprint density at radius 2 is 1.88 bits per heavy atom. The lowest BCUT2D eigenvalue weighted by Gasteiger charge is -2.12. The fourth-order valence-electron chi connectivity index (χ4n) is 1.86. The second-order valence-electron chi connectivity index (χ2n) is 3.87. The molecule has 0 unspecified atom stereocenters. The van der Waals surface area contributed by atoms with E-state index in [1.807, 2.05) is 13.8 Å². The predicted octanol–water partition coefficient (Wildman–Crippen LogP) is 1.74. The largest absolute Gasteiger partial charge is 0.345 e. The van der Waals surface area contributed by atoms with Crippen LogP contribution < -0.4 is 4.90 Å². The summed E-state index contributed by atoms with van der Waals surface area (Å²) in [5, 5.41) is 3.96. The fourth-order valence-corrected chi connectivity index (χ4v) is 1.86. The minimum atomic E-state index is -0.547. The third kappa shape index (κ3) is 2.95. The number of hydrogen-bond donors (Lipinski definition) is 0. The van der Waals surface area contributed by atoms with E-state index in [1.165, 1.54) is 12.8 Å². The molecule has 0 amide bonds. The molecule has 1 aliphatic heterocycles. The molecule has 0 aliphatic carbocycles. The molecule has 1 aliphatic rings. The number of anilines is 1. The summed E-state index contributed by atoms with van der Waals surface area (Å²) in [4.78, 5) is 6.44. The lowest BCUT2D eigenvalue weighted by atomic mass is 10.4. The molecule has 6 nitrogen and oxygen atoms in total. The molecule has 0 spiro atoms. The number of ether oxygens (including phenoxy) is 2. The monoisotopic (exact) mass is 241 g/mol. The van der Waals surface area contributed by atoms with Gasteiger partial charge in [0.05, 0.1) is 0 Å². The van der Waals surface area contributed by atoms with Gasteiger partial charge in [-0.15, -0.1) is 0 Å². The van der Waals surface area contributed by atoms with Crippen molar-refractivity contribution in [2.75, 3.05) is 31.2 Å². The summed E-state index contributed by atoms with van der Waals surface area (Å²) in [6, 6.07) is 0. The minimum Gasteiger partial charge on any atom is -0.345 e. The first-order chi connectivity index (χ1) is 8.35. The molecule has 1 fully saturated rings. The average Bonchev–Trinajstić information content (AvgIpc) is 2.99. The molecule has 1 saturated heterocycles. The van der Waals surface area contributed by atoms with Crippen molar-refractivity contribution in [3.63, 3.8) is 0 Å². The van der Waals surface area contributed by atoms with Crippen LogP contribution in [-0.4, -0.2) is 36.4 Å². The van der Waals surface area contributed by atoms with Gasteiger partial charge in [-0.3, -0.25) is 0 Å². The third-order valence-corrected chi connectivity index (χ3v) is 2.66. The maximum atomic E-state index is 5.41. The van der Waals surface area contributed by atoms with Crippen LogP contribution in [0.5, 0.6) is 0 Å². The standard InChI is InChI=1S/C11H19N3O3/c1-3-15-10(16-4-2)9-12-11(13-17-9)14-7-5-6-8-14/h10H,3-8H2,1-2H3. The van der Waals surface area contributed by atoms with E-state index in [4.69, 9.17) is 14.0 Å². The van der Waals surface area contributed by atoms with Gasteiger partial charge in [-0.05, 0) is 31.8 Å². The second-order valence-corrected chi connectivity index (χ2v) is 3.87. The zero-order chi connectivity index (χ0) is 12.1. The summed E-state index contributed by atoms with van der Waals surface area (Å²) in [7, 11) is 0. The summed E-state index contributed by atoms with van der Waals surface area (Å²) in [5.74, 6) is 1.04. The topological polar surface area (TPSA) is 60.6 Å². The molecule has 17 heavy (non-hydrogen) atoms. The molecule has 1 aromatic heterocycles. The lowest BCUT2D eigenvalue weighted by molar-refractivity contribution is -0.155. The molecule has 0 aromatic carbocycles. The molecule has 0 N–H and O–H groups in total. The Labute approximate surface area is 101 Å². The molecule has 96 valence electrons. The third-order valence-electron chi connectivity index (χ3n) is 2.66. The van der Waals surface area contributed by atoms with Crippen molar-refractivity contribution < 1.29 is 14.0 Å². The molecular weight excluding hydrogens is 222 g/mol. The Morgan fingerprint density at radius 3 is 2.47 bits per heavy atom. The highest BCUT2D eigenvalue weighted by Crippen LogP contribution is 2.22. The Morgan fingerprint density at radius 1 is 1.24 bits per heavy atom. The smallest absolute Gasteiger partial charge is 0.285 e. The Hall–Kier alpha value is -1.14. The van der Waals surface area contributed by atoms with E-state index in [0.29, 0.717) is 25.1 Å². The van der Waals surface area contributed by atoms with E-state index in [0.717, 1.165) is 13.1 Å². The Kier molecular flexibility index (Phi) is 4.33. The van der Waals surface area contributed by atoms with Crippen LogP contribution in [-0.2, 0) is 9.47 Å². The second kappa shape index (κ2) is 5.97. The van der Waals surface area contributed by atoms with E-state index in [9.17, 15) is 0 Å². The fraction of sp³-hybridized carbons (Fsp3) is 0.818. The highest BCUT2D eigenvalue weighted by Gasteiger charge is 2.23. The van der Waals surface area contributed by atoms with Gasteiger partial charge >= 0.3 is 0 Å². The summed E-state index contributed by atoms with van der Waals surface area (Å²) in [6.07, 6.45) is 1.82. The van der Waals surface area contributed by atoms with Gasteiger partial charge < -0.3 is 18.9 Å².